The van der Waals surface area contributed by atoms with Gasteiger partial charge in [-0.05, 0) is 56.5 Å². The van der Waals surface area contributed by atoms with Crippen LogP contribution in [0.4, 0.5) is 8.78 Å². The van der Waals surface area contributed by atoms with Crippen LogP contribution < -0.4 is 0 Å². The number of aliphatic imine (C=N–C) groups is 2. The maximum Gasteiger partial charge on any atom is 0.132 e. The molecule has 0 radical (unpaired) electrons. The van der Waals surface area contributed by atoms with Crippen molar-refractivity contribution in [1.29, 1.82) is 0 Å². The quantitative estimate of drug-likeness (QED) is 0.614. The molecule has 0 saturated heterocycles. The molecule has 1 aromatic carbocycles. The van der Waals surface area contributed by atoms with Gasteiger partial charge in [-0.1, -0.05) is 19.4 Å². The van der Waals surface area contributed by atoms with Crippen LogP contribution in [0.3, 0.4) is 0 Å². The SMILES string of the molecule is C=N/C=C(\C=NCC)CCc1c(F)c(C)cc(CCC)c1F. The summed E-state index contributed by atoms with van der Waals surface area (Å²) in [6, 6.07) is 1.61. The van der Waals surface area contributed by atoms with Crippen molar-refractivity contribution in [3.8, 4) is 0 Å². The summed E-state index contributed by atoms with van der Waals surface area (Å²) < 4.78 is 28.7. The largest absolute Gasteiger partial charge is 0.293 e. The summed E-state index contributed by atoms with van der Waals surface area (Å²) in [5.41, 5.74) is 2.05. The molecule has 120 valence electrons. The standard InChI is InChI=1S/C18H24F2N2/c1-5-7-15-10-13(3)17(19)16(18(15)20)9-8-14(11-21-4)12-22-6-2/h10-12H,4-9H2,1-3H3/b14-11-,22-12?. The molecule has 0 amide bonds. The summed E-state index contributed by atoms with van der Waals surface area (Å²) in [5.74, 6) is -0.862. The van der Waals surface area contributed by atoms with Crippen LogP contribution in [0.1, 0.15) is 43.4 Å². The highest BCUT2D eigenvalue weighted by molar-refractivity contribution is 5.78. The van der Waals surface area contributed by atoms with Crippen LogP contribution in [-0.4, -0.2) is 19.5 Å². The van der Waals surface area contributed by atoms with E-state index in [0.717, 1.165) is 12.0 Å². The van der Waals surface area contributed by atoms with E-state index in [1.807, 2.05) is 13.8 Å². The van der Waals surface area contributed by atoms with Gasteiger partial charge < -0.3 is 0 Å². The van der Waals surface area contributed by atoms with Crippen LogP contribution in [-0.2, 0) is 12.8 Å². The maximum atomic E-state index is 14.5. The summed E-state index contributed by atoms with van der Waals surface area (Å²) in [7, 11) is 0. The fraction of sp³-hybridized carbons (Fsp3) is 0.444. The Morgan fingerprint density at radius 3 is 2.55 bits per heavy atom. The minimum atomic E-state index is -0.448. The zero-order chi connectivity index (χ0) is 16.5. The van der Waals surface area contributed by atoms with Crippen molar-refractivity contribution in [3.05, 3.63) is 46.2 Å². The molecule has 0 unspecified atom stereocenters. The van der Waals surface area contributed by atoms with E-state index in [0.29, 0.717) is 30.5 Å². The molecule has 2 nitrogen and oxygen atoms in total. The smallest absolute Gasteiger partial charge is 0.132 e. The molecule has 0 aliphatic rings. The first kappa shape index (κ1) is 18.2. The molecular weight excluding hydrogens is 282 g/mol. The Morgan fingerprint density at radius 1 is 1.23 bits per heavy atom. The molecule has 0 heterocycles. The van der Waals surface area contributed by atoms with E-state index in [9.17, 15) is 8.78 Å². The lowest BCUT2D eigenvalue weighted by Crippen LogP contribution is -2.04. The molecule has 22 heavy (non-hydrogen) atoms. The van der Waals surface area contributed by atoms with E-state index >= 15 is 0 Å². The Kier molecular flexibility index (Phi) is 7.64. The Balaban J connectivity index is 3.03. The highest BCUT2D eigenvalue weighted by Crippen LogP contribution is 2.24. The van der Waals surface area contributed by atoms with Gasteiger partial charge in [0, 0.05) is 24.5 Å². The molecule has 0 aromatic heterocycles. The molecule has 4 heteroatoms. The van der Waals surface area contributed by atoms with Gasteiger partial charge in [0.15, 0.2) is 0 Å². The number of hydrogen-bond donors (Lipinski definition) is 0. The summed E-state index contributed by atoms with van der Waals surface area (Å²) in [4.78, 5) is 7.86. The lowest BCUT2D eigenvalue weighted by Gasteiger charge is -2.12. The molecule has 0 aliphatic heterocycles. The molecule has 0 aliphatic carbocycles. The second-order valence-corrected chi connectivity index (χ2v) is 5.22. The van der Waals surface area contributed by atoms with E-state index in [-0.39, 0.29) is 12.0 Å². The Labute approximate surface area is 131 Å². The van der Waals surface area contributed by atoms with Crippen LogP contribution in [0.2, 0.25) is 0 Å². The lowest BCUT2D eigenvalue weighted by atomic mass is 9.97. The minimum absolute atomic E-state index is 0.156. The fourth-order valence-corrected chi connectivity index (χ4v) is 2.34. The highest BCUT2D eigenvalue weighted by atomic mass is 19.1. The van der Waals surface area contributed by atoms with Gasteiger partial charge in [-0.25, -0.2) is 8.78 Å². The van der Waals surface area contributed by atoms with Gasteiger partial charge in [-0.2, -0.15) is 0 Å². The van der Waals surface area contributed by atoms with Crippen molar-refractivity contribution in [1.82, 2.24) is 0 Å². The van der Waals surface area contributed by atoms with Gasteiger partial charge in [0.05, 0.1) is 0 Å². The van der Waals surface area contributed by atoms with Crippen molar-refractivity contribution in [3.63, 3.8) is 0 Å². The van der Waals surface area contributed by atoms with Crippen LogP contribution in [0.15, 0.2) is 27.8 Å². The predicted molar refractivity (Wildman–Crippen MR) is 90.1 cm³/mol. The molecule has 0 bridgehead atoms. The fourth-order valence-electron chi connectivity index (χ4n) is 2.34. The van der Waals surface area contributed by atoms with Crippen molar-refractivity contribution in [2.24, 2.45) is 9.98 Å². The van der Waals surface area contributed by atoms with Crippen LogP contribution in [0.5, 0.6) is 0 Å². The average molecular weight is 306 g/mol. The summed E-state index contributed by atoms with van der Waals surface area (Å²) >= 11 is 0. The van der Waals surface area contributed by atoms with Crippen molar-refractivity contribution in [2.75, 3.05) is 6.54 Å². The van der Waals surface area contributed by atoms with Crippen molar-refractivity contribution >= 4 is 12.9 Å². The number of nitrogens with zero attached hydrogens (tertiary/aromatic N) is 2. The van der Waals surface area contributed by atoms with E-state index in [4.69, 9.17) is 0 Å². The second kappa shape index (κ2) is 9.23. The zero-order valence-corrected chi connectivity index (χ0v) is 13.6. The first-order valence-electron chi connectivity index (χ1n) is 7.66. The lowest BCUT2D eigenvalue weighted by molar-refractivity contribution is 0.538. The predicted octanol–water partition coefficient (Wildman–Crippen LogP) is 4.83. The van der Waals surface area contributed by atoms with Crippen LogP contribution in [0.25, 0.3) is 0 Å². The van der Waals surface area contributed by atoms with Crippen LogP contribution >= 0.6 is 0 Å². The molecule has 0 atom stereocenters. The third kappa shape index (κ3) is 4.86. The van der Waals surface area contributed by atoms with Crippen molar-refractivity contribution < 1.29 is 8.78 Å². The first-order valence-corrected chi connectivity index (χ1v) is 7.66. The topological polar surface area (TPSA) is 24.7 Å². The van der Waals surface area contributed by atoms with Crippen LogP contribution in [0, 0.1) is 18.6 Å². The Hall–Kier alpha value is -1.84. The molecule has 0 N–H and O–H groups in total. The molecule has 1 aromatic rings. The number of hydrogen-bond acceptors (Lipinski definition) is 2. The normalized spacial score (nSPS) is 12.1. The number of aryl methyl sites for hydroxylation is 2. The van der Waals surface area contributed by atoms with Gasteiger partial charge in [0.25, 0.3) is 0 Å². The molecule has 0 spiro atoms. The number of rotatable bonds is 8. The van der Waals surface area contributed by atoms with E-state index in [1.54, 1.807) is 25.4 Å². The third-order valence-corrected chi connectivity index (χ3v) is 3.43. The zero-order valence-electron chi connectivity index (χ0n) is 13.6. The van der Waals surface area contributed by atoms with Gasteiger partial charge in [-0.3, -0.25) is 9.98 Å². The molecule has 0 saturated carbocycles. The maximum absolute atomic E-state index is 14.5. The van der Waals surface area contributed by atoms with E-state index in [2.05, 4.69) is 16.7 Å². The monoisotopic (exact) mass is 306 g/mol. The average Bonchev–Trinajstić information content (AvgIpc) is 2.50. The summed E-state index contributed by atoms with van der Waals surface area (Å²) in [6.45, 7) is 9.65. The first-order chi connectivity index (χ1) is 10.5. The Bertz CT molecular complexity index is 575. The molecular formula is C18H24F2N2. The van der Waals surface area contributed by atoms with E-state index in [1.165, 1.54) is 0 Å². The van der Waals surface area contributed by atoms with E-state index < -0.39 is 11.6 Å². The molecule has 1 rings (SSSR count). The highest BCUT2D eigenvalue weighted by Gasteiger charge is 2.16. The van der Waals surface area contributed by atoms with Crippen molar-refractivity contribution in [2.45, 2.75) is 46.5 Å². The minimum Gasteiger partial charge on any atom is -0.293 e. The Morgan fingerprint density at radius 2 is 1.95 bits per heavy atom. The van der Waals surface area contributed by atoms with Gasteiger partial charge >= 0.3 is 0 Å². The van der Waals surface area contributed by atoms with Gasteiger partial charge in [0.1, 0.15) is 11.6 Å². The number of allylic oxidation sites excluding steroid dienone is 1. The van der Waals surface area contributed by atoms with Gasteiger partial charge in [0.2, 0.25) is 0 Å². The third-order valence-electron chi connectivity index (χ3n) is 3.43. The number of halogens is 2. The van der Waals surface area contributed by atoms with Gasteiger partial charge in [-0.15, -0.1) is 0 Å². The second-order valence-electron chi connectivity index (χ2n) is 5.22. The number of benzene rings is 1. The summed E-state index contributed by atoms with van der Waals surface area (Å²) in [6.07, 6.45) is 5.48. The summed E-state index contributed by atoms with van der Waals surface area (Å²) in [5, 5.41) is 0. The molecule has 0 fully saturated rings.